The Morgan fingerprint density at radius 3 is 2.79 bits per heavy atom. The number of hydrogen-bond donors (Lipinski definition) is 0. The standard InChI is InChI=1S/C20H29NO7/c1-5-14-10-12(2)20(4,28-13(3)22)19(24)26-11-15-6-8-21(25)9-7-16(17(15)21)27-18(14)23/h6,12,14,16-17H,5,7-11H2,1-4H3/t12-,14+,16-,17-,20+,21?/m1/s1. The highest BCUT2D eigenvalue weighted by atomic mass is 16.6. The molecule has 3 aliphatic heterocycles. The zero-order valence-corrected chi connectivity index (χ0v) is 16.9. The van der Waals surface area contributed by atoms with Gasteiger partial charge in [0.05, 0.1) is 19.0 Å². The minimum absolute atomic E-state index is 0.0689. The van der Waals surface area contributed by atoms with Gasteiger partial charge >= 0.3 is 17.9 Å². The molecule has 0 aliphatic carbocycles. The molecule has 0 saturated carbocycles. The number of carbonyl (C=O) groups is 3. The fraction of sp³-hybridized carbons (Fsp3) is 0.750. The molecule has 0 aromatic rings. The van der Waals surface area contributed by atoms with Crippen molar-refractivity contribution in [2.75, 3.05) is 19.7 Å². The van der Waals surface area contributed by atoms with Crippen LogP contribution in [0.4, 0.5) is 0 Å². The maximum Gasteiger partial charge on any atom is 0.350 e. The third kappa shape index (κ3) is 3.55. The average Bonchev–Trinajstić information content (AvgIpc) is 3.11. The lowest BCUT2D eigenvalue weighted by Gasteiger charge is -2.41. The monoisotopic (exact) mass is 395 g/mol. The van der Waals surface area contributed by atoms with Crippen molar-refractivity contribution < 1.29 is 33.2 Å². The molecule has 0 radical (unpaired) electrons. The molecule has 28 heavy (non-hydrogen) atoms. The van der Waals surface area contributed by atoms with Crippen molar-refractivity contribution in [3.8, 4) is 0 Å². The molecule has 2 saturated heterocycles. The Morgan fingerprint density at radius 2 is 2.14 bits per heavy atom. The summed E-state index contributed by atoms with van der Waals surface area (Å²) < 4.78 is 16.2. The smallest absolute Gasteiger partial charge is 0.350 e. The number of cyclic esters (lactones) is 1. The van der Waals surface area contributed by atoms with E-state index >= 15 is 0 Å². The molecule has 2 fully saturated rings. The molecular formula is C20H29NO7. The molecule has 3 rings (SSSR count). The second-order valence-corrected chi connectivity index (χ2v) is 8.37. The van der Waals surface area contributed by atoms with Crippen LogP contribution in [0.2, 0.25) is 0 Å². The zero-order valence-electron chi connectivity index (χ0n) is 16.9. The van der Waals surface area contributed by atoms with Crippen LogP contribution in [0, 0.1) is 17.0 Å². The van der Waals surface area contributed by atoms with E-state index in [1.807, 2.05) is 6.92 Å². The van der Waals surface area contributed by atoms with Crippen molar-refractivity contribution in [1.29, 1.82) is 0 Å². The largest absolute Gasteiger partial charge is 0.632 e. The van der Waals surface area contributed by atoms with E-state index in [9.17, 15) is 19.6 Å². The molecule has 6 atom stereocenters. The Bertz CT molecular complexity index is 705. The molecule has 0 aromatic carbocycles. The minimum atomic E-state index is -1.52. The maximum absolute atomic E-state index is 13.0. The van der Waals surface area contributed by atoms with Crippen LogP contribution >= 0.6 is 0 Å². The van der Waals surface area contributed by atoms with E-state index in [0.29, 0.717) is 31.4 Å². The highest BCUT2D eigenvalue weighted by Crippen LogP contribution is 2.40. The van der Waals surface area contributed by atoms with E-state index in [0.717, 1.165) is 0 Å². The molecule has 0 amide bonds. The van der Waals surface area contributed by atoms with Gasteiger partial charge in [0.1, 0.15) is 6.61 Å². The Morgan fingerprint density at radius 1 is 1.43 bits per heavy atom. The highest BCUT2D eigenvalue weighted by Gasteiger charge is 2.52. The first-order chi connectivity index (χ1) is 13.1. The number of quaternary nitrogens is 1. The molecule has 0 N–H and O–H groups in total. The third-order valence-corrected chi connectivity index (χ3v) is 6.50. The summed E-state index contributed by atoms with van der Waals surface area (Å²) in [5.41, 5.74) is -0.846. The second kappa shape index (κ2) is 7.48. The molecular weight excluding hydrogens is 366 g/mol. The number of nitrogens with zero attached hydrogens (tertiary/aromatic N) is 1. The van der Waals surface area contributed by atoms with Crippen molar-refractivity contribution in [2.24, 2.45) is 11.8 Å². The molecule has 3 aliphatic rings. The number of hydrogen-bond acceptors (Lipinski definition) is 7. The summed E-state index contributed by atoms with van der Waals surface area (Å²) in [6.07, 6.45) is 2.61. The minimum Gasteiger partial charge on any atom is -0.632 e. The summed E-state index contributed by atoms with van der Waals surface area (Å²) in [7, 11) is 0. The summed E-state index contributed by atoms with van der Waals surface area (Å²) in [5, 5.41) is 13.0. The lowest BCUT2D eigenvalue weighted by atomic mass is 9.82. The lowest BCUT2D eigenvalue weighted by molar-refractivity contribution is -0.877. The molecule has 0 aromatic heterocycles. The second-order valence-electron chi connectivity index (χ2n) is 8.37. The first-order valence-electron chi connectivity index (χ1n) is 9.94. The van der Waals surface area contributed by atoms with Gasteiger partial charge in [0.15, 0.2) is 12.1 Å². The van der Waals surface area contributed by atoms with Crippen molar-refractivity contribution in [2.45, 2.75) is 64.7 Å². The highest BCUT2D eigenvalue weighted by molar-refractivity contribution is 5.83. The fourth-order valence-corrected chi connectivity index (χ4v) is 4.61. The summed E-state index contributed by atoms with van der Waals surface area (Å²) in [6, 6.07) is -0.536. The normalized spacial score (nSPS) is 41.1. The number of esters is 3. The molecule has 1 unspecified atom stereocenters. The summed E-state index contributed by atoms with van der Waals surface area (Å²) in [4.78, 5) is 37.4. The molecule has 156 valence electrons. The van der Waals surface area contributed by atoms with Crippen LogP contribution < -0.4 is 0 Å². The van der Waals surface area contributed by atoms with E-state index in [2.05, 4.69) is 0 Å². The van der Waals surface area contributed by atoms with Gasteiger partial charge in [-0.2, -0.15) is 0 Å². The summed E-state index contributed by atoms with van der Waals surface area (Å²) in [6.45, 7) is 6.96. The van der Waals surface area contributed by atoms with Gasteiger partial charge in [-0.25, -0.2) is 4.79 Å². The van der Waals surface area contributed by atoms with E-state index in [1.165, 1.54) is 13.8 Å². The number of ether oxygens (including phenoxy) is 3. The SMILES string of the molecule is CC[C@H]1C[C@@H](C)[C@](C)(OC(C)=O)C(=O)OCC2=CC[N+]3([O-])CC[C@@H](OC1=O)[C@@H]23. The Labute approximate surface area is 165 Å². The van der Waals surface area contributed by atoms with Crippen LogP contribution in [0.1, 0.15) is 47.0 Å². The molecule has 0 spiro atoms. The van der Waals surface area contributed by atoms with Gasteiger partial charge in [-0.1, -0.05) is 13.8 Å². The molecule has 8 heteroatoms. The Hall–Kier alpha value is -1.93. The maximum atomic E-state index is 13.0. The van der Waals surface area contributed by atoms with Crippen molar-refractivity contribution >= 4 is 17.9 Å². The topological polar surface area (TPSA) is 102 Å². The van der Waals surface area contributed by atoms with Crippen molar-refractivity contribution in [1.82, 2.24) is 0 Å². The van der Waals surface area contributed by atoms with E-state index < -0.39 is 46.2 Å². The summed E-state index contributed by atoms with van der Waals surface area (Å²) in [5.74, 6) is -2.53. The van der Waals surface area contributed by atoms with Crippen LogP contribution in [0.5, 0.6) is 0 Å². The van der Waals surface area contributed by atoms with Gasteiger partial charge in [0, 0.05) is 24.8 Å². The lowest BCUT2D eigenvalue weighted by Crippen LogP contribution is -2.50. The van der Waals surface area contributed by atoms with Crippen molar-refractivity contribution in [3.63, 3.8) is 0 Å². The first kappa shape index (κ1) is 20.8. The predicted octanol–water partition coefficient (Wildman–Crippen LogP) is 1.86. The average molecular weight is 395 g/mol. The quantitative estimate of drug-likeness (QED) is 0.231. The zero-order chi connectivity index (χ0) is 20.7. The van der Waals surface area contributed by atoms with Crippen molar-refractivity contribution in [3.05, 3.63) is 16.9 Å². The van der Waals surface area contributed by atoms with E-state index in [1.54, 1.807) is 13.0 Å². The van der Waals surface area contributed by atoms with E-state index in [4.69, 9.17) is 14.2 Å². The predicted molar refractivity (Wildman–Crippen MR) is 98.4 cm³/mol. The van der Waals surface area contributed by atoms with Gasteiger partial charge < -0.3 is 24.1 Å². The van der Waals surface area contributed by atoms with Gasteiger partial charge in [-0.3, -0.25) is 9.59 Å². The molecule has 3 heterocycles. The van der Waals surface area contributed by atoms with Gasteiger partial charge in [0.2, 0.25) is 5.60 Å². The van der Waals surface area contributed by atoms with Crippen LogP contribution in [0.15, 0.2) is 11.6 Å². The Balaban J connectivity index is 1.94. The fourth-order valence-electron chi connectivity index (χ4n) is 4.61. The number of rotatable bonds is 2. The number of carbonyl (C=O) groups excluding carboxylic acids is 3. The van der Waals surface area contributed by atoms with Gasteiger partial charge in [0.25, 0.3) is 0 Å². The number of hydroxylamine groups is 3. The third-order valence-electron chi connectivity index (χ3n) is 6.50. The van der Waals surface area contributed by atoms with Crippen LogP contribution in [0.25, 0.3) is 0 Å². The van der Waals surface area contributed by atoms with Crippen LogP contribution in [-0.2, 0) is 28.6 Å². The molecule has 0 bridgehead atoms. The van der Waals surface area contributed by atoms with Crippen LogP contribution in [0.3, 0.4) is 0 Å². The summed E-state index contributed by atoms with van der Waals surface area (Å²) >= 11 is 0. The Kier molecular flexibility index (Phi) is 5.55. The molecule has 8 nitrogen and oxygen atoms in total. The van der Waals surface area contributed by atoms with Gasteiger partial charge in [-0.05, 0) is 25.8 Å². The van der Waals surface area contributed by atoms with Gasteiger partial charge in [-0.15, -0.1) is 0 Å². The first-order valence-corrected chi connectivity index (χ1v) is 9.94. The van der Waals surface area contributed by atoms with Crippen LogP contribution in [-0.4, -0.2) is 60.0 Å². The van der Waals surface area contributed by atoms with E-state index in [-0.39, 0.29) is 19.1 Å².